The minimum absolute atomic E-state index is 0.167. The maximum Gasteiger partial charge on any atom is 0.0350 e. The zero-order chi connectivity index (χ0) is 14.8. The molecule has 0 aliphatic rings. The third-order valence-corrected chi connectivity index (χ3v) is 4.16. The van der Waals surface area contributed by atoms with Crippen molar-refractivity contribution in [3.05, 3.63) is 34.4 Å². The zero-order valence-electron chi connectivity index (χ0n) is 13.7. The molecule has 0 saturated carbocycles. The standard InChI is InChI=1S/C17H30N2/c1-12-8-14(3)15(9-13(12)2)16(19(6)7)10-17(4,5)11-18/h8-9,16H,10-11,18H2,1-7H3. The van der Waals surface area contributed by atoms with Gasteiger partial charge >= 0.3 is 0 Å². The Labute approximate surface area is 119 Å². The van der Waals surface area contributed by atoms with Crippen LogP contribution in [-0.4, -0.2) is 25.5 Å². The van der Waals surface area contributed by atoms with Crippen LogP contribution in [0.5, 0.6) is 0 Å². The number of nitrogens with zero attached hydrogens (tertiary/aromatic N) is 1. The highest BCUT2D eigenvalue weighted by atomic mass is 15.1. The number of aryl methyl sites for hydroxylation is 3. The van der Waals surface area contributed by atoms with Crippen LogP contribution >= 0.6 is 0 Å². The van der Waals surface area contributed by atoms with Gasteiger partial charge < -0.3 is 10.6 Å². The topological polar surface area (TPSA) is 29.3 Å². The first kappa shape index (κ1) is 16.2. The maximum absolute atomic E-state index is 5.91. The summed E-state index contributed by atoms with van der Waals surface area (Å²) < 4.78 is 0. The highest BCUT2D eigenvalue weighted by Gasteiger charge is 2.25. The van der Waals surface area contributed by atoms with E-state index in [1.165, 1.54) is 22.3 Å². The van der Waals surface area contributed by atoms with Gasteiger partial charge in [-0.25, -0.2) is 0 Å². The molecule has 0 aromatic heterocycles. The molecule has 1 aromatic carbocycles. The lowest BCUT2D eigenvalue weighted by molar-refractivity contribution is 0.202. The molecule has 0 amide bonds. The summed E-state index contributed by atoms with van der Waals surface area (Å²) in [7, 11) is 4.32. The van der Waals surface area contributed by atoms with E-state index in [2.05, 4.69) is 65.7 Å². The summed E-state index contributed by atoms with van der Waals surface area (Å²) in [6.45, 7) is 11.8. The van der Waals surface area contributed by atoms with Crippen molar-refractivity contribution >= 4 is 0 Å². The number of rotatable bonds is 5. The molecule has 2 nitrogen and oxygen atoms in total. The quantitative estimate of drug-likeness (QED) is 0.878. The first-order chi connectivity index (χ1) is 8.68. The SMILES string of the molecule is Cc1cc(C)c(C(CC(C)(C)CN)N(C)C)cc1C. The average Bonchev–Trinajstić information content (AvgIpc) is 2.31. The lowest BCUT2D eigenvalue weighted by Gasteiger charge is -2.34. The van der Waals surface area contributed by atoms with Gasteiger partial charge in [0.1, 0.15) is 0 Å². The fourth-order valence-corrected chi connectivity index (χ4v) is 2.52. The van der Waals surface area contributed by atoms with Gasteiger partial charge in [-0.15, -0.1) is 0 Å². The molecule has 2 N–H and O–H groups in total. The molecule has 0 aliphatic heterocycles. The first-order valence-corrected chi connectivity index (χ1v) is 7.12. The summed E-state index contributed by atoms with van der Waals surface area (Å²) in [5, 5.41) is 0. The van der Waals surface area contributed by atoms with Crippen molar-refractivity contribution in [3.63, 3.8) is 0 Å². The zero-order valence-corrected chi connectivity index (χ0v) is 13.7. The Bertz CT molecular complexity index is 433. The maximum atomic E-state index is 5.91. The fraction of sp³-hybridized carbons (Fsp3) is 0.647. The van der Waals surface area contributed by atoms with E-state index in [0.717, 1.165) is 13.0 Å². The van der Waals surface area contributed by atoms with Gasteiger partial charge in [-0.3, -0.25) is 0 Å². The van der Waals surface area contributed by atoms with Gasteiger partial charge in [0.2, 0.25) is 0 Å². The number of nitrogens with two attached hydrogens (primary N) is 1. The van der Waals surface area contributed by atoms with Gasteiger partial charge in [-0.05, 0) is 75.5 Å². The molecule has 1 atom stereocenters. The van der Waals surface area contributed by atoms with Gasteiger partial charge in [-0.1, -0.05) is 26.0 Å². The summed E-state index contributed by atoms with van der Waals surface area (Å²) >= 11 is 0. The molecular weight excluding hydrogens is 232 g/mol. The van der Waals surface area contributed by atoms with Crippen LogP contribution in [0.2, 0.25) is 0 Å². The smallest absolute Gasteiger partial charge is 0.0350 e. The van der Waals surface area contributed by atoms with E-state index in [1.54, 1.807) is 0 Å². The summed E-state index contributed by atoms with van der Waals surface area (Å²) in [6, 6.07) is 5.08. The van der Waals surface area contributed by atoms with Crippen LogP contribution in [0.1, 0.15) is 48.6 Å². The summed E-state index contributed by atoms with van der Waals surface area (Å²) in [6.07, 6.45) is 1.08. The summed E-state index contributed by atoms with van der Waals surface area (Å²) in [5.74, 6) is 0. The van der Waals surface area contributed by atoms with E-state index in [9.17, 15) is 0 Å². The molecule has 0 saturated heterocycles. The van der Waals surface area contributed by atoms with Crippen LogP contribution in [0.15, 0.2) is 12.1 Å². The van der Waals surface area contributed by atoms with Gasteiger partial charge in [0.05, 0.1) is 0 Å². The molecule has 108 valence electrons. The molecule has 1 aromatic rings. The van der Waals surface area contributed by atoms with Crippen LogP contribution in [0.3, 0.4) is 0 Å². The minimum atomic E-state index is 0.167. The molecule has 0 aliphatic carbocycles. The molecule has 1 unspecified atom stereocenters. The minimum Gasteiger partial charge on any atom is -0.330 e. The van der Waals surface area contributed by atoms with Crippen LogP contribution in [-0.2, 0) is 0 Å². The molecule has 0 spiro atoms. The van der Waals surface area contributed by atoms with E-state index >= 15 is 0 Å². The number of hydrogen-bond donors (Lipinski definition) is 1. The van der Waals surface area contributed by atoms with Crippen molar-refractivity contribution in [2.75, 3.05) is 20.6 Å². The number of benzene rings is 1. The molecular formula is C17H30N2. The molecule has 0 radical (unpaired) electrons. The lowest BCUT2D eigenvalue weighted by Crippen LogP contribution is -2.31. The van der Waals surface area contributed by atoms with E-state index in [1.807, 2.05) is 0 Å². The van der Waals surface area contributed by atoms with Crippen LogP contribution < -0.4 is 5.73 Å². The van der Waals surface area contributed by atoms with E-state index < -0.39 is 0 Å². The Kier molecular flexibility index (Phi) is 5.17. The molecule has 0 bridgehead atoms. The Morgan fingerprint density at radius 3 is 2.05 bits per heavy atom. The lowest BCUT2D eigenvalue weighted by atomic mass is 9.81. The van der Waals surface area contributed by atoms with Crippen LogP contribution in [0.25, 0.3) is 0 Å². The third-order valence-electron chi connectivity index (χ3n) is 4.16. The summed E-state index contributed by atoms with van der Waals surface area (Å²) in [4.78, 5) is 2.31. The fourth-order valence-electron chi connectivity index (χ4n) is 2.52. The van der Waals surface area contributed by atoms with Crippen molar-refractivity contribution in [1.82, 2.24) is 4.90 Å². The van der Waals surface area contributed by atoms with E-state index in [4.69, 9.17) is 5.73 Å². The number of hydrogen-bond acceptors (Lipinski definition) is 2. The van der Waals surface area contributed by atoms with Gasteiger partial charge in [-0.2, -0.15) is 0 Å². The van der Waals surface area contributed by atoms with E-state index in [-0.39, 0.29) is 5.41 Å². The third kappa shape index (κ3) is 4.05. The largest absolute Gasteiger partial charge is 0.330 e. The first-order valence-electron chi connectivity index (χ1n) is 7.12. The second-order valence-corrected chi connectivity index (χ2v) is 6.84. The average molecular weight is 262 g/mol. The van der Waals surface area contributed by atoms with Crippen molar-refractivity contribution in [2.24, 2.45) is 11.1 Å². The predicted molar refractivity (Wildman–Crippen MR) is 84.5 cm³/mol. The van der Waals surface area contributed by atoms with Crippen molar-refractivity contribution < 1.29 is 0 Å². The highest BCUT2D eigenvalue weighted by Crippen LogP contribution is 2.34. The molecule has 0 fully saturated rings. The van der Waals surface area contributed by atoms with Crippen LogP contribution in [0.4, 0.5) is 0 Å². The Morgan fingerprint density at radius 1 is 1.05 bits per heavy atom. The van der Waals surface area contributed by atoms with E-state index in [0.29, 0.717) is 6.04 Å². The second kappa shape index (κ2) is 6.06. The highest BCUT2D eigenvalue weighted by molar-refractivity contribution is 5.38. The Morgan fingerprint density at radius 2 is 1.58 bits per heavy atom. The second-order valence-electron chi connectivity index (χ2n) is 6.84. The van der Waals surface area contributed by atoms with Gasteiger partial charge in [0, 0.05) is 6.04 Å². The van der Waals surface area contributed by atoms with Gasteiger partial charge in [0.25, 0.3) is 0 Å². The normalized spacial score (nSPS) is 13.9. The Balaban J connectivity index is 3.17. The monoisotopic (exact) mass is 262 g/mol. The molecule has 2 heteroatoms. The molecule has 19 heavy (non-hydrogen) atoms. The van der Waals surface area contributed by atoms with Crippen LogP contribution in [0, 0.1) is 26.2 Å². The predicted octanol–water partition coefficient (Wildman–Crippen LogP) is 3.59. The van der Waals surface area contributed by atoms with Crippen molar-refractivity contribution in [2.45, 2.75) is 47.1 Å². The van der Waals surface area contributed by atoms with Gasteiger partial charge in [0.15, 0.2) is 0 Å². The molecule has 0 heterocycles. The summed E-state index contributed by atoms with van der Waals surface area (Å²) in [5.41, 5.74) is 11.6. The van der Waals surface area contributed by atoms with Crippen molar-refractivity contribution in [3.8, 4) is 0 Å². The molecule has 1 rings (SSSR count). The Hall–Kier alpha value is -0.860. The van der Waals surface area contributed by atoms with Crippen molar-refractivity contribution in [1.29, 1.82) is 0 Å².